The molecule has 2 aliphatic rings. The Morgan fingerprint density at radius 3 is 2.71 bits per heavy atom. The Morgan fingerprint density at radius 2 is 2.00 bits per heavy atom. The normalized spacial score (nSPS) is 23.0. The molecule has 7 heteroatoms. The van der Waals surface area contributed by atoms with Crippen molar-refractivity contribution in [3.8, 4) is 0 Å². The molecule has 134 valence electrons. The number of rotatable bonds is 4. The van der Waals surface area contributed by atoms with Gasteiger partial charge in [0.1, 0.15) is 5.82 Å². The second kappa shape index (κ2) is 7.51. The minimum absolute atomic E-state index is 0.145. The van der Waals surface area contributed by atoms with Crippen molar-refractivity contribution in [3.63, 3.8) is 0 Å². The molecule has 1 aromatic heterocycles. The summed E-state index contributed by atoms with van der Waals surface area (Å²) in [7, 11) is 0. The Kier molecular flexibility index (Phi) is 5.38. The van der Waals surface area contributed by atoms with E-state index >= 15 is 0 Å². The van der Waals surface area contributed by atoms with Crippen molar-refractivity contribution in [2.75, 3.05) is 13.1 Å². The molecule has 0 aliphatic carbocycles. The number of aryl methyl sites for hydroxylation is 1. The van der Waals surface area contributed by atoms with Gasteiger partial charge in [0.15, 0.2) is 0 Å². The average molecular weight is 335 g/mol. The van der Waals surface area contributed by atoms with E-state index in [1.54, 1.807) is 4.57 Å². The summed E-state index contributed by atoms with van der Waals surface area (Å²) in [5, 5.41) is 9.73. The summed E-state index contributed by atoms with van der Waals surface area (Å²) in [4.78, 5) is 26.5. The molecule has 7 nitrogen and oxygen atoms in total. The molecule has 1 amide bonds. The molecule has 24 heavy (non-hydrogen) atoms. The van der Waals surface area contributed by atoms with E-state index in [1.165, 1.54) is 0 Å². The lowest BCUT2D eigenvalue weighted by molar-refractivity contribution is -0.123. The lowest BCUT2D eigenvalue weighted by Crippen LogP contribution is -2.41. The monoisotopic (exact) mass is 335 g/mol. The average Bonchev–Trinajstić information content (AvgIpc) is 2.77. The highest BCUT2D eigenvalue weighted by Gasteiger charge is 2.25. The highest BCUT2D eigenvalue weighted by atomic mass is 16.2. The number of hydrogen-bond acceptors (Lipinski definition) is 4. The quantitative estimate of drug-likeness (QED) is 0.856. The first-order valence-electron chi connectivity index (χ1n) is 9.20. The van der Waals surface area contributed by atoms with Gasteiger partial charge in [-0.2, -0.15) is 5.10 Å². The van der Waals surface area contributed by atoms with E-state index in [-0.39, 0.29) is 17.6 Å². The van der Waals surface area contributed by atoms with Gasteiger partial charge in [0.25, 0.3) is 0 Å². The van der Waals surface area contributed by atoms with Crippen LogP contribution in [-0.4, -0.2) is 50.7 Å². The number of aromatic nitrogens is 3. The van der Waals surface area contributed by atoms with Crippen molar-refractivity contribution < 1.29 is 4.79 Å². The zero-order valence-corrected chi connectivity index (χ0v) is 14.8. The highest BCUT2D eigenvalue weighted by molar-refractivity contribution is 5.76. The third kappa shape index (κ3) is 4.06. The fraction of sp³-hybridized carbons (Fsp3) is 0.824. The Bertz CT molecular complexity index is 613. The van der Waals surface area contributed by atoms with Crippen molar-refractivity contribution in [2.24, 2.45) is 5.92 Å². The van der Waals surface area contributed by atoms with Crippen LogP contribution in [0.2, 0.25) is 0 Å². The predicted molar refractivity (Wildman–Crippen MR) is 91.8 cm³/mol. The molecule has 0 saturated carbocycles. The van der Waals surface area contributed by atoms with Crippen LogP contribution in [0.5, 0.6) is 0 Å². The predicted octanol–water partition coefficient (Wildman–Crippen LogP) is 0.903. The van der Waals surface area contributed by atoms with Gasteiger partial charge in [-0.15, -0.1) is 0 Å². The Labute approximate surface area is 142 Å². The molecule has 0 radical (unpaired) electrons. The molecule has 3 heterocycles. The summed E-state index contributed by atoms with van der Waals surface area (Å²) in [6.45, 7) is 7.29. The number of aromatic amines is 1. The van der Waals surface area contributed by atoms with Gasteiger partial charge in [0.2, 0.25) is 5.91 Å². The first kappa shape index (κ1) is 17.2. The summed E-state index contributed by atoms with van der Waals surface area (Å²) >= 11 is 0. The van der Waals surface area contributed by atoms with E-state index in [4.69, 9.17) is 0 Å². The maximum Gasteiger partial charge on any atom is 0.343 e. The highest BCUT2D eigenvalue weighted by Crippen LogP contribution is 2.22. The number of amides is 1. The molecule has 2 N–H and O–H groups in total. The molecule has 0 spiro atoms. The Balaban J connectivity index is 1.44. The van der Waals surface area contributed by atoms with E-state index in [0.717, 1.165) is 51.0 Å². The third-order valence-electron chi connectivity index (χ3n) is 5.47. The molecule has 2 aliphatic heterocycles. The van der Waals surface area contributed by atoms with Gasteiger partial charge in [-0.3, -0.25) is 9.36 Å². The molecule has 1 fully saturated rings. The van der Waals surface area contributed by atoms with Crippen LogP contribution in [0.25, 0.3) is 0 Å². The first-order chi connectivity index (χ1) is 11.5. The smallest absolute Gasteiger partial charge is 0.343 e. The lowest BCUT2D eigenvalue weighted by atomic mass is 9.92. The van der Waals surface area contributed by atoms with Gasteiger partial charge in [-0.05, 0) is 58.5 Å². The number of nitrogens with zero attached hydrogens (tertiary/aromatic N) is 3. The van der Waals surface area contributed by atoms with Crippen LogP contribution < -0.4 is 11.0 Å². The van der Waals surface area contributed by atoms with E-state index in [1.807, 2.05) is 0 Å². The SMILES string of the molecule is CC(C)N1CCC(CC(=O)NC2CCc3n[nH]c(=O)n3CC2)CC1. The van der Waals surface area contributed by atoms with Crippen LogP contribution in [0.3, 0.4) is 0 Å². The van der Waals surface area contributed by atoms with E-state index in [0.29, 0.717) is 24.9 Å². The van der Waals surface area contributed by atoms with E-state index < -0.39 is 0 Å². The molecule has 1 aromatic rings. The van der Waals surface area contributed by atoms with Crippen LogP contribution in [-0.2, 0) is 17.8 Å². The van der Waals surface area contributed by atoms with Crippen LogP contribution >= 0.6 is 0 Å². The standard InChI is InChI=1S/C17H29N5O2/c1-12(2)21-8-5-13(6-9-21)11-16(23)18-14-3-4-15-19-20-17(24)22(15)10-7-14/h12-14H,3-11H2,1-2H3,(H,18,23)(H,20,24). The minimum Gasteiger partial charge on any atom is -0.353 e. The van der Waals surface area contributed by atoms with Crippen LogP contribution in [0.1, 0.15) is 51.8 Å². The zero-order chi connectivity index (χ0) is 17.1. The number of carbonyl (C=O) groups excluding carboxylic acids is 1. The fourth-order valence-corrected chi connectivity index (χ4v) is 3.87. The molecule has 1 saturated heterocycles. The summed E-state index contributed by atoms with van der Waals surface area (Å²) in [6, 6.07) is 0.745. The minimum atomic E-state index is -0.145. The number of H-pyrrole nitrogens is 1. The van der Waals surface area contributed by atoms with Crippen molar-refractivity contribution in [1.82, 2.24) is 25.0 Å². The van der Waals surface area contributed by atoms with Gasteiger partial charge in [-0.25, -0.2) is 9.89 Å². The van der Waals surface area contributed by atoms with Gasteiger partial charge in [0, 0.05) is 31.5 Å². The molecule has 1 unspecified atom stereocenters. The summed E-state index contributed by atoms with van der Waals surface area (Å²) in [5.41, 5.74) is -0.145. The fourth-order valence-electron chi connectivity index (χ4n) is 3.87. The molecule has 1 atom stereocenters. The molecular formula is C17H29N5O2. The number of fused-ring (bicyclic) bond motifs is 1. The van der Waals surface area contributed by atoms with Crippen molar-refractivity contribution >= 4 is 5.91 Å². The largest absolute Gasteiger partial charge is 0.353 e. The van der Waals surface area contributed by atoms with Gasteiger partial charge in [0.05, 0.1) is 0 Å². The second-order valence-electron chi connectivity index (χ2n) is 7.47. The zero-order valence-electron chi connectivity index (χ0n) is 14.8. The number of hydrogen-bond donors (Lipinski definition) is 2. The maximum absolute atomic E-state index is 12.4. The van der Waals surface area contributed by atoms with Gasteiger partial charge < -0.3 is 10.2 Å². The van der Waals surface area contributed by atoms with E-state index in [2.05, 4.69) is 34.3 Å². The van der Waals surface area contributed by atoms with E-state index in [9.17, 15) is 9.59 Å². The summed E-state index contributed by atoms with van der Waals surface area (Å²) in [6.07, 6.45) is 5.23. The van der Waals surface area contributed by atoms with Gasteiger partial charge >= 0.3 is 5.69 Å². The number of piperidine rings is 1. The van der Waals surface area contributed by atoms with Crippen LogP contribution in [0.15, 0.2) is 4.79 Å². The van der Waals surface area contributed by atoms with Gasteiger partial charge in [-0.1, -0.05) is 0 Å². The lowest BCUT2D eigenvalue weighted by Gasteiger charge is -2.34. The molecule has 0 bridgehead atoms. The molecule has 3 rings (SSSR count). The number of nitrogens with one attached hydrogen (secondary N) is 2. The topological polar surface area (TPSA) is 83.0 Å². The summed E-state index contributed by atoms with van der Waals surface area (Å²) < 4.78 is 1.69. The molecule has 0 aromatic carbocycles. The second-order valence-corrected chi connectivity index (χ2v) is 7.47. The van der Waals surface area contributed by atoms with Crippen molar-refractivity contribution in [3.05, 3.63) is 16.3 Å². The first-order valence-corrected chi connectivity index (χ1v) is 9.20. The van der Waals surface area contributed by atoms with Crippen LogP contribution in [0.4, 0.5) is 0 Å². The Hall–Kier alpha value is -1.63. The number of likely N-dealkylation sites (tertiary alicyclic amines) is 1. The van der Waals surface area contributed by atoms with Crippen LogP contribution in [0, 0.1) is 5.92 Å². The molecular weight excluding hydrogens is 306 g/mol. The maximum atomic E-state index is 12.4. The Morgan fingerprint density at radius 1 is 1.25 bits per heavy atom. The summed E-state index contributed by atoms with van der Waals surface area (Å²) in [5.74, 6) is 1.47. The third-order valence-corrected chi connectivity index (χ3v) is 5.47. The van der Waals surface area contributed by atoms with Crippen molar-refractivity contribution in [1.29, 1.82) is 0 Å². The number of carbonyl (C=O) groups is 1. The van der Waals surface area contributed by atoms with Crippen molar-refractivity contribution in [2.45, 2.75) is 71.0 Å².